The second-order valence-corrected chi connectivity index (χ2v) is 6.70. The first-order valence-corrected chi connectivity index (χ1v) is 8.28. The highest BCUT2D eigenvalue weighted by atomic mass is 16.2. The van der Waals surface area contributed by atoms with Crippen LogP contribution in [0.15, 0.2) is 42.5 Å². The first kappa shape index (κ1) is 11.3. The van der Waals surface area contributed by atoms with E-state index in [2.05, 4.69) is 29.7 Å². The molecule has 3 aliphatic heterocycles. The van der Waals surface area contributed by atoms with E-state index in [1.54, 1.807) is 11.0 Å². The van der Waals surface area contributed by atoms with Crippen LogP contribution < -0.4 is 0 Å². The van der Waals surface area contributed by atoms with Crippen molar-refractivity contribution in [2.24, 2.45) is 5.41 Å². The molecule has 1 aromatic heterocycles. The van der Waals surface area contributed by atoms with E-state index < -0.39 is 11.4 Å². The van der Waals surface area contributed by atoms with Crippen molar-refractivity contribution < 1.29 is 7.54 Å². The summed E-state index contributed by atoms with van der Waals surface area (Å²) >= 11 is 0. The standard InChI is InChI=1S/C20H20N2O/c1-3-20-10-8-17(23)21-11-9-15-14-6-4-5-7-16(14)22(13(2)12-20)18(15)19(20)21/h4-8,10,12,19H,3,9,11H2,1-2H3/t19-,20+/m1/s1/i8D,19D. The Morgan fingerprint density at radius 3 is 3.09 bits per heavy atom. The van der Waals surface area contributed by atoms with Crippen molar-refractivity contribution in [1.29, 1.82) is 0 Å². The highest BCUT2D eigenvalue weighted by Gasteiger charge is 2.49. The third-order valence-electron chi connectivity index (χ3n) is 5.60. The summed E-state index contributed by atoms with van der Waals surface area (Å²) in [6, 6.07) is 7.10. The van der Waals surface area contributed by atoms with Crippen molar-refractivity contribution in [3.63, 3.8) is 0 Å². The number of para-hydroxylation sites is 1. The van der Waals surface area contributed by atoms with Crippen LogP contribution in [-0.2, 0) is 11.2 Å². The SMILES string of the molecule is [2H]C1=C[C@@]2(CC)C=C(C)n3c4c(c5ccccc53)CCN(C1=O)[C@]42[2H]. The van der Waals surface area contributed by atoms with Gasteiger partial charge in [-0.1, -0.05) is 37.3 Å². The van der Waals surface area contributed by atoms with Crippen LogP contribution in [0.25, 0.3) is 16.6 Å². The zero-order chi connectivity index (χ0) is 17.6. The second-order valence-electron chi connectivity index (χ2n) is 6.70. The van der Waals surface area contributed by atoms with E-state index in [-0.39, 0.29) is 12.0 Å². The van der Waals surface area contributed by atoms with Crippen LogP contribution in [0, 0.1) is 5.41 Å². The van der Waals surface area contributed by atoms with Gasteiger partial charge in [-0.25, -0.2) is 0 Å². The zero-order valence-electron chi connectivity index (χ0n) is 15.4. The molecule has 3 heteroatoms. The summed E-state index contributed by atoms with van der Waals surface area (Å²) in [6.07, 6.45) is 5.23. The first-order chi connectivity index (χ1) is 11.9. The fourth-order valence-corrected chi connectivity index (χ4v) is 4.57. The molecule has 0 spiro atoms. The molecule has 0 N–H and O–H groups in total. The number of hydrogen-bond donors (Lipinski definition) is 0. The van der Waals surface area contributed by atoms with E-state index in [0.717, 1.165) is 23.3 Å². The summed E-state index contributed by atoms with van der Waals surface area (Å²) in [7, 11) is 0. The molecule has 0 radical (unpaired) electrons. The molecular weight excluding hydrogens is 284 g/mol. The van der Waals surface area contributed by atoms with Gasteiger partial charge in [-0.15, -0.1) is 0 Å². The molecule has 1 amide bonds. The van der Waals surface area contributed by atoms with Gasteiger partial charge in [-0.3, -0.25) is 4.79 Å². The third kappa shape index (κ3) is 1.43. The normalized spacial score (nSPS) is 33.0. The van der Waals surface area contributed by atoms with Gasteiger partial charge >= 0.3 is 0 Å². The first-order valence-electron chi connectivity index (χ1n) is 9.28. The summed E-state index contributed by atoms with van der Waals surface area (Å²) in [5.41, 5.74) is 3.62. The predicted molar refractivity (Wildman–Crippen MR) is 91.9 cm³/mol. The Balaban J connectivity index is 1.99. The summed E-state index contributed by atoms with van der Waals surface area (Å²) < 4.78 is 19.9. The smallest absolute Gasteiger partial charge is 0.246 e. The Labute approximate surface area is 138 Å². The Morgan fingerprint density at radius 2 is 2.26 bits per heavy atom. The number of allylic oxidation sites excluding steroid dienone is 1. The largest absolute Gasteiger partial charge is 0.329 e. The number of carbonyl (C=O) groups excluding carboxylic acids is 1. The quantitative estimate of drug-likeness (QED) is 0.784. The minimum atomic E-state index is -1.19. The predicted octanol–water partition coefficient (Wildman–Crippen LogP) is 3.91. The Bertz CT molecular complexity index is 1020. The van der Waals surface area contributed by atoms with Crippen LogP contribution in [0.3, 0.4) is 0 Å². The number of aromatic nitrogens is 1. The molecule has 0 bridgehead atoms. The molecular formula is C20H20N2O. The zero-order valence-corrected chi connectivity index (χ0v) is 13.4. The summed E-state index contributed by atoms with van der Waals surface area (Å²) in [6.45, 7) is 4.61. The number of benzene rings is 1. The maximum atomic E-state index is 12.7. The topological polar surface area (TPSA) is 25.2 Å². The van der Waals surface area contributed by atoms with Crippen molar-refractivity contribution in [3.05, 3.63) is 53.7 Å². The fourth-order valence-electron chi connectivity index (χ4n) is 4.57. The maximum Gasteiger partial charge on any atom is 0.246 e. The molecule has 0 aliphatic carbocycles. The van der Waals surface area contributed by atoms with Gasteiger partial charge < -0.3 is 9.47 Å². The lowest BCUT2D eigenvalue weighted by Gasteiger charge is -2.50. The van der Waals surface area contributed by atoms with Gasteiger partial charge in [-0.2, -0.15) is 0 Å². The van der Waals surface area contributed by atoms with Gasteiger partial charge in [0, 0.05) is 29.1 Å². The summed E-state index contributed by atoms with van der Waals surface area (Å²) in [4.78, 5) is 14.4. The molecule has 116 valence electrons. The number of carbonyl (C=O) groups is 1. The van der Waals surface area contributed by atoms with E-state index >= 15 is 0 Å². The molecule has 0 unspecified atom stereocenters. The van der Waals surface area contributed by atoms with Gasteiger partial charge in [-0.05, 0) is 31.4 Å². The number of rotatable bonds is 1. The molecule has 3 aliphatic rings. The van der Waals surface area contributed by atoms with Gasteiger partial charge in [0.15, 0.2) is 0 Å². The van der Waals surface area contributed by atoms with Crippen LogP contribution in [0.5, 0.6) is 0 Å². The van der Waals surface area contributed by atoms with Crippen LogP contribution in [0.1, 0.15) is 40.3 Å². The molecule has 4 heterocycles. The second kappa shape index (κ2) is 4.16. The van der Waals surface area contributed by atoms with E-state index in [1.165, 1.54) is 10.9 Å². The highest BCUT2D eigenvalue weighted by molar-refractivity contribution is 5.94. The summed E-state index contributed by atoms with van der Waals surface area (Å²) in [5, 5.41) is 1.18. The Hall–Kier alpha value is -2.29. The molecule has 3 nitrogen and oxygen atoms in total. The molecule has 1 aromatic carbocycles. The average molecular weight is 306 g/mol. The lowest BCUT2D eigenvalue weighted by atomic mass is 9.69. The summed E-state index contributed by atoms with van der Waals surface area (Å²) in [5.74, 6) is -0.325. The number of amides is 1. The number of hydrogen-bond acceptors (Lipinski definition) is 1. The van der Waals surface area contributed by atoms with E-state index in [1.807, 2.05) is 19.1 Å². The molecule has 0 saturated carbocycles. The molecule has 0 fully saturated rings. The van der Waals surface area contributed by atoms with E-state index in [9.17, 15) is 6.17 Å². The Kier molecular flexibility index (Phi) is 2.04. The lowest BCUT2D eigenvalue weighted by molar-refractivity contribution is -0.132. The van der Waals surface area contributed by atoms with Crippen LogP contribution in [0.4, 0.5) is 0 Å². The van der Waals surface area contributed by atoms with E-state index in [4.69, 9.17) is 1.37 Å². The van der Waals surface area contributed by atoms with Crippen molar-refractivity contribution in [2.75, 3.05) is 6.54 Å². The van der Waals surface area contributed by atoms with Crippen molar-refractivity contribution in [3.8, 4) is 0 Å². The van der Waals surface area contributed by atoms with Crippen LogP contribution in [0.2, 0.25) is 0 Å². The minimum absolute atomic E-state index is 0.0155. The lowest BCUT2D eigenvalue weighted by Crippen LogP contribution is -2.50. The highest BCUT2D eigenvalue weighted by Crippen LogP contribution is 2.55. The average Bonchev–Trinajstić information content (AvgIpc) is 2.95. The van der Waals surface area contributed by atoms with Gasteiger partial charge in [0.2, 0.25) is 5.91 Å². The molecule has 23 heavy (non-hydrogen) atoms. The van der Waals surface area contributed by atoms with Crippen LogP contribution in [-0.4, -0.2) is 21.9 Å². The van der Waals surface area contributed by atoms with Crippen molar-refractivity contribution >= 4 is 22.5 Å². The van der Waals surface area contributed by atoms with Gasteiger partial charge in [0.1, 0.15) is 0 Å². The number of nitrogens with zero attached hydrogens (tertiary/aromatic N) is 2. The molecule has 5 rings (SSSR count). The van der Waals surface area contributed by atoms with Gasteiger partial charge in [0.05, 0.1) is 20.0 Å². The van der Waals surface area contributed by atoms with Crippen molar-refractivity contribution in [1.82, 2.24) is 9.47 Å². The van der Waals surface area contributed by atoms with Gasteiger partial charge in [0.25, 0.3) is 0 Å². The van der Waals surface area contributed by atoms with E-state index in [0.29, 0.717) is 13.0 Å². The van der Waals surface area contributed by atoms with Crippen LogP contribution >= 0.6 is 0 Å². The molecule has 0 saturated heterocycles. The molecule has 2 aromatic rings. The van der Waals surface area contributed by atoms with Crippen molar-refractivity contribution in [2.45, 2.75) is 32.7 Å². The maximum absolute atomic E-state index is 12.7. The fraction of sp³-hybridized carbons (Fsp3) is 0.350. The minimum Gasteiger partial charge on any atom is -0.329 e. The molecule has 2 atom stereocenters. The Morgan fingerprint density at radius 1 is 1.43 bits per heavy atom. The third-order valence-corrected chi connectivity index (χ3v) is 5.60. The number of fused-ring (bicyclic) bond motifs is 3. The monoisotopic (exact) mass is 306 g/mol.